The predicted molar refractivity (Wildman–Crippen MR) is 108 cm³/mol. The van der Waals surface area contributed by atoms with Crippen LogP contribution in [0.5, 0.6) is 5.75 Å². The SMILES string of the molecule is CCOc1ccc(N(CCC#N)C(=O)CN2CCC[C@H]2c2cccs2)cc1. The minimum absolute atomic E-state index is 0.0397. The lowest BCUT2D eigenvalue weighted by atomic mass is 10.2. The van der Waals surface area contributed by atoms with E-state index in [1.807, 2.05) is 31.2 Å². The van der Waals surface area contributed by atoms with E-state index >= 15 is 0 Å². The molecule has 0 spiro atoms. The highest BCUT2D eigenvalue weighted by Crippen LogP contribution is 2.34. The number of hydrogen-bond donors (Lipinski definition) is 0. The number of hydrogen-bond acceptors (Lipinski definition) is 5. The molecular formula is C21H25N3O2S. The standard InChI is InChI=1S/C21H25N3O2S/c1-2-26-18-10-8-17(9-11-18)24(14-5-12-22)21(25)16-23-13-3-6-19(23)20-7-4-15-27-20/h4,7-11,15,19H,2-3,5-6,13-14,16H2,1H3/t19-/m0/s1. The summed E-state index contributed by atoms with van der Waals surface area (Å²) in [5, 5.41) is 11.1. The van der Waals surface area contributed by atoms with E-state index < -0.39 is 0 Å². The fourth-order valence-corrected chi connectivity index (χ4v) is 4.42. The molecule has 0 radical (unpaired) electrons. The Kier molecular flexibility index (Phi) is 6.86. The zero-order chi connectivity index (χ0) is 19.1. The van der Waals surface area contributed by atoms with Crippen LogP contribution in [0.3, 0.4) is 0 Å². The number of likely N-dealkylation sites (tertiary alicyclic amines) is 1. The van der Waals surface area contributed by atoms with Crippen molar-refractivity contribution in [1.82, 2.24) is 4.90 Å². The maximum Gasteiger partial charge on any atom is 0.241 e. The molecule has 6 heteroatoms. The van der Waals surface area contributed by atoms with Crippen LogP contribution in [0.25, 0.3) is 0 Å². The Morgan fingerprint density at radius 3 is 2.85 bits per heavy atom. The van der Waals surface area contributed by atoms with Gasteiger partial charge in [-0.15, -0.1) is 11.3 Å². The highest BCUT2D eigenvalue weighted by Gasteiger charge is 2.29. The fraction of sp³-hybridized carbons (Fsp3) is 0.429. The van der Waals surface area contributed by atoms with Crippen LogP contribution >= 0.6 is 11.3 Å². The van der Waals surface area contributed by atoms with Crippen LogP contribution in [0.4, 0.5) is 5.69 Å². The molecule has 3 rings (SSSR count). The van der Waals surface area contributed by atoms with Gasteiger partial charge in [0.2, 0.25) is 5.91 Å². The van der Waals surface area contributed by atoms with Crippen molar-refractivity contribution in [3.8, 4) is 11.8 Å². The van der Waals surface area contributed by atoms with Gasteiger partial charge in [0.05, 0.1) is 25.6 Å². The lowest BCUT2D eigenvalue weighted by Gasteiger charge is -2.28. The molecule has 27 heavy (non-hydrogen) atoms. The first kappa shape index (κ1) is 19.4. The Morgan fingerprint density at radius 1 is 1.37 bits per heavy atom. The third-order valence-corrected chi connectivity index (χ3v) is 5.75. The van der Waals surface area contributed by atoms with E-state index in [9.17, 15) is 4.79 Å². The van der Waals surface area contributed by atoms with Crippen molar-refractivity contribution in [3.63, 3.8) is 0 Å². The number of nitriles is 1. The van der Waals surface area contributed by atoms with E-state index in [4.69, 9.17) is 10.00 Å². The summed E-state index contributed by atoms with van der Waals surface area (Å²) in [5.41, 5.74) is 0.811. The van der Waals surface area contributed by atoms with Gasteiger partial charge in [0.15, 0.2) is 0 Å². The molecule has 2 aromatic rings. The first-order chi connectivity index (χ1) is 13.2. The number of benzene rings is 1. The molecule has 5 nitrogen and oxygen atoms in total. The van der Waals surface area contributed by atoms with Gasteiger partial charge in [-0.1, -0.05) is 6.07 Å². The molecule has 0 N–H and O–H groups in total. The summed E-state index contributed by atoms with van der Waals surface area (Å²) < 4.78 is 5.48. The Morgan fingerprint density at radius 2 is 2.19 bits per heavy atom. The predicted octanol–water partition coefficient (Wildman–Crippen LogP) is 4.23. The van der Waals surface area contributed by atoms with Gasteiger partial charge < -0.3 is 9.64 Å². The Bertz CT molecular complexity index is 768. The monoisotopic (exact) mass is 383 g/mol. The summed E-state index contributed by atoms with van der Waals surface area (Å²) in [4.78, 5) is 18.4. The molecule has 0 bridgehead atoms. The Hall–Kier alpha value is -2.36. The van der Waals surface area contributed by atoms with Gasteiger partial charge in [-0.2, -0.15) is 5.26 Å². The largest absolute Gasteiger partial charge is 0.494 e. The Balaban J connectivity index is 1.72. The Labute approximate surface area is 164 Å². The van der Waals surface area contributed by atoms with Crippen LogP contribution in [0.15, 0.2) is 41.8 Å². The topological polar surface area (TPSA) is 56.6 Å². The van der Waals surface area contributed by atoms with Gasteiger partial charge in [0.1, 0.15) is 5.75 Å². The number of carbonyl (C=O) groups is 1. The van der Waals surface area contributed by atoms with E-state index in [2.05, 4.69) is 28.5 Å². The van der Waals surface area contributed by atoms with Crippen molar-refractivity contribution in [1.29, 1.82) is 5.26 Å². The van der Waals surface area contributed by atoms with E-state index in [1.165, 1.54) is 4.88 Å². The first-order valence-electron chi connectivity index (χ1n) is 9.40. The van der Waals surface area contributed by atoms with Crippen LogP contribution in [0, 0.1) is 11.3 Å². The first-order valence-corrected chi connectivity index (χ1v) is 10.3. The molecule has 1 aliphatic rings. The van der Waals surface area contributed by atoms with Gasteiger partial charge in [0, 0.05) is 23.2 Å². The quantitative estimate of drug-likeness (QED) is 0.684. The number of anilines is 1. The van der Waals surface area contributed by atoms with Crippen LogP contribution in [0.1, 0.15) is 37.1 Å². The maximum atomic E-state index is 13.1. The van der Waals surface area contributed by atoms with Crippen molar-refractivity contribution in [2.45, 2.75) is 32.2 Å². The third-order valence-electron chi connectivity index (χ3n) is 4.78. The summed E-state index contributed by atoms with van der Waals surface area (Å²) in [7, 11) is 0. The number of amides is 1. The lowest BCUT2D eigenvalue weighted by molar-refractivity contribution is -0.120. The fourth-order valence-electron chi connectivity index (χ4n) is 3.53. The van der Waals surface area contributed by atoms with Gasteiger partial charge >= 0.3 is 0 Å². The normalized spacial score (nSPS) is 16.8. The van der Waals surface area contributed by atoms with Crippen molar-refractivity contribution in [2.75, 3.05) is 31.1 Å². The molecular weight excluding hydrogens is 358 g/mol. The zero-order valence-corrected chi connectivity index (χ0v) is 16.5. The van der Waals surface area contributed by atoms with Gasteiger partial charge in [-0.3, -0.25) is 9.69 Å². The molecule has 1 fully saturated rings. The van der Waals surface area contributed by atoms with E-state index in [0.29, 0.717) is 32.2 Å². The van der Waals surface area contributed by atoms with Crippen LogP contribution in [0.2, 0.25) is 0 Å². The summed E-state index contributed by atoms with van der Waals surface area (Å²) in [6, 6.07) is 14.2. The molecule has 2 heterocycles. The van der Waals surface area contributed by atoms with Crippen molar-refractivity contribution < 1.29 is 9.53 Å². The number of ether oxygens (including phenoxy) is 1. The molecule has 0 saturated carbocycles. The molecule has 142 valence electrons. The van der Waals surface area contributed by atoms with Gasteiger partial charge in [-0.05, 0) is 62.0 Å². The average molecular weight is 384 g/mol. The van der Waals surface area contributed by atoms with E-state index in [0.717, 1.165) is 30.8 Å². The van der Waals surface area contributed by atoms with Gasteiger partial charge in [0.25, 0.3) is 0 Å². The van der Waals surface area contributed by atoms with Crippen LogP contribution in [-0.4, -0.2) is 37.0 Å². The molecule has 0 unspecified atom stereocenters. The highest BCUT2D eigenvalue weighted by molar-refractivity contribution is 7.10. The zero-order valence-electron chi connectivity index (χ0n) is 15.6. The van der Waals surface area contributed by atoms with Crippen molar-refractivity contribution >= 4 is 22.9 Å². The summed E-state index contributed by atoms with van der Waals surface area (Å²) >= 11 is 1.75. The lowest BCUT2D eigenvalue weighted by Crippen LogP contribution is -2.40. The number of rotatable bonds is 8. The second kappa shape index (κ2) is 9.54. The molecule has 1 amide bonds. The molecule has 1 aromatic carbocycles. The number of carbonyl (C=O) groups excluding carboxylic acids is 1. The van der Waals surface area contributed by atoms with E-state index in [-0.39, 0.29) is 5.91 Å². The highest BCUT2D eigenvalue weighted by atomic mass is 32.1. The molecule has 1 aromatic heterocycles. The van der Waals surface area contributed by atoms with Crippen LogP contribution in [-0.2, 0) is 4.79 Å². The van der Waals surface area contributed by atoms with Crippen molar-refractivity contribution in [3.05, 3.63) is 46.7 Å². The minimum Gasteiger partial charge on any atom is -0.494 e. The molecule has 1 atom stereocenters. The maximum absolute atomic E-state index is 13.1. The molecule has 1 saturated heterocycles. The summed E-state index contributed by atoms with van der Waals surface area (Å²) in [6.45, 7) is 4.26. The average Bonchev–Trinajstić information content (AvgIpc) is 3.35. The number of nitrogens with zero attached hydrogens (tertiary/aromatic N) is 3. The van der Waals surface area contributed by atoms with Crippen molar-refractivity contribution in [2.24, 2.45) is 0 Å². The summed E-state index contributed by atoms with van der Waals surface area (Å²) in [6.07, 6.45) is 2.51. The second-order valence-corrected chi connectivity index (χ2v) is 7.50. The molecule has 1 aliphatic heterocycles. The van der Waals surface area contributed by atoms with E-state index in [1.54, 1.807) is 16.2 Å². The second-order valence-electron chi connectivity index (χ2n) is 6.52. The minimum atomic E-state index is 0.0397. The third kappa shape index (κ3) is 4.88. The van der Waals surface area contributed by atoms with Crippen LogP contribution < -0.4 is 9.64 Å². The van der Waals surface area contributed by atoms with Gasteiger partial charge in [-0.25, -0.2) is 0 Å². The molecule has 0 aliphatic carbocycles. The summed E-state index contributed by atoms with van der Waals surface area (Å²) in [5.74, 6) is 0.823. The number of thiophene rings is 1. The smallest absolute Gasteiger partial charge is 0.241 e.